The van der Waals surface area contributed by atoms with Gasteiger partial charge in [-0.05, 0) is 61.9 Å². The number of carbonyl (C=O) groups is 1. The summed E-state index contributed by atoms with van der Waals surface area (Å²) in [7, 11) is 4.75. The molecule has 0 saturated carbocycles. The van der Waals surface area contributed by atoms with Crippen LogP contribution in [-0.2, 0) is 4.79 Å². The molecule has 0 spiro atoms. The topological polar surface area (TPSA) is 109 Å². The fraction of sp³-hybridized carbons (Fsp3) is 0.233. The predicted molar refractivity (Wildman–Crippen MR) is 152 cm³/mol. The van der Waals surface area contributed by atoms with Crippen LogP contribution in [0.1, 0.15) is 25.5 Å². The lowest BCUT2D eigenvalue weighted by Gasteiger charge is -2.29. The lowest BCUT2D eigenvalue weighted by molar-refractivity contribution is -0.113. The van der Waals surface area contributed by atoms with Crippen LogP contribution in [0.3, 0.4) is 0 Å². The number of aromatic nitrogens is 3. The summed E-state index contributed by atoms with van der Waals surface area (Å²) in [6.45, 7) is 4.26. The van der Waals surface area contributed by atoms with Gasteiger partial charge in [0, 0.05) is 16.9 Å². The first-order valence-electron chi connectivity index (χ1n) is 12.8. The summed E-state index contributed by atoms with van der Waals surface area (Å²) < 4.78 is 23.9. The number of para-hydroxylation sites is 1. The third kappa shape index (κ3) is 5.03. The van der Waals surface area contributed by atoms with Crippen LogP contribution in [0.4, 0.5) is 11.6 Å². The number of allylic oxidation sites excluding steroid dienone is 1. The maximum absolute atomic E-state index is 13.8. The first-order valence-corrected chi connectivity index (χ1v) is 12.8. The fourth-order valence-corrected chi connectivity index (χ4v) is 4.70. The number of rotatable bonds is 9. The van der Waals surface area contributed by atoms with E-state index in [-0.39, 0.29) is 5.91 Å². The van der Waals surface area contributed by atoms with E-state index in [1.165, 1.54) is 0 Å². The molecule has 0 radical (unpaired) electrons. The van der Waals surface area contributed by atoms with Crippen molar-refractivity contribution in [2.75, 3.05) is 38.6 Å². The molecule has 0 saturated heterocycles. The molecule has 1 aliphatic rings. The fourth-order valence-electron chi connectivity index (χ4n) is 4.70. The second-order valence-electron chi connectivity index (χ2n) is 9.00. The first kappa shape index (κ1) is 26.6. The first-order chi connectivity index (χ1) is 19.5. The van der Waals surface area contributed by atoms with Crippen LogP contribution in [-0.4, -0.2) is 48.6 Å². The number of carbonyl (C=O) groups excluding carboxylic acids is 1. The van der Waals surface area contributed by atoms with Gasteiger partial charge >= 0.3 is 0 Å². The molecular formula is C30H31N5O5. The van der Waals surface area contributed by atoms with Gasteiger partial charge in [-0.2, -0.15) is 4.98 Å². The Morgan fingerprint density at radius 1 is 0.925 bits per heavy atom. The van der Waals surface area contributed by atoms with Crippen molar-refractivity contribution in [2.24, 2.45) is 0 Å². The zero-order valence-electron chi connectivity index (χ0n) is 23.0. The smallest absolute Gasteiger partial charge is 0.255 e. The minimum absolute atomic E-state index is 0.261. The van der Waals surface area contributed by atoms with Gasteiger partial charge in [0.05, 0.1) is 33.5 Å². The molecule has 40 heavy (non-hydrogen) atoms. The summed E-state index contributed by atoms with van der Waals surface area (Å²) in [5, 5.41) is 11.1. The zero-order chi connectivity index (χ0) is 28.2. The lowest BCUT2D eigenvalue weighted by Crippen LogP contribution is -2.31. The van der Waals surface area contributed by atoms with Gasteiger partial charge in [0.25, 0.3) is 5.91 Å². The molecule has 1 atom stereocenters. The number of benzene rings is 3. The van der Waals surface area contributed by atoms with E-state index in [4.69, 9.17) is 29.0 Å². The van der Waals surface area contributed by atoms with Crippen molar-refractivity contribution in [3.8, 4) is 34.4 Å². The Morgan fingerprint density at radius 3 is 2.33 bits per heavy atom. The molecule has 4 aromatic rings. The number of ether oxygens (including phenoxy) is 4. The second-order valence-corrected chi connectivity index (χ2v) is 9.00. The Morgan fingerprint density at radius 2 is 1.62 bits per heavy atom. The molecule has 1 amide bonds. The highest BCUT2D eigenvalue weighted by atomic mass is 16.5. The summed E-state index contributed by atoms with van der Waals surface area (Å²) in [5.74, 6) is 3.03. The van der Waals surface area contributed by atoms with Crippen molar-refractivity contribution in [1.29, 1.82) is 0 Å². The van der Waals surface area contributed by atoms with Crippen molar-refractivity contribution in [2.45, 2.75) is 19.9 Å². The molecular weight excluding hydrogens is 510 g/mol. The van der Waals surface area contributed by atoms with Crippen LogP contribution in [0, 0.1) is 0 Å². The highest BCUT2D eigenvalue weighted by Gasteiger charge is 2.35. The monoisotopic (exact) mass is 541 g/mol. The van der Waals surface area contributed by atoms with Crippen LogP contribution >= 0.6 is 0 Å². The number of fused-ring (bicyclic) bond motifs is 1. The van der Waals surface area contributed by atoms with Crippen molar-refractivity contribution < 1.29 is 23.7 Å². The van der Waals surface area contributed by atoms with E-state index >= 15 is 0 Å². The zero-order valence-corrected chi connectivity index (χ0v) is 23.0. The van der Waals surface area contributed by atoms with Gasteiger partial charge in [0.2, 0.25) is 5.95 Å². The maximum atomic E-state index is 13.8. The Balaban J connectivity index is 1.63. The molecule has 1 aliphatic heterocycles. The summed E-state index contributed by atoms with van der Waals surface area (Å²) in [4.78, 5) is 18.5. The molecule has 5 rings (SSSR count). The Labute approximate surface area is 232 Å². The molecule has 0 bridgehead atoms. The van der Waals surface area contributed by atoms with Gasteiger partial charge in [-0.1, -0.05) is 24.3 Å². The van der Waals surface area contributed by atoms with Gasteiger partial charge in [0.1, 0.15) is 6.04 Å². The predicted octanol–water partition coefficient (Wildman–Crippen LogP) is 5.30. The molecule has 1 aromatic heterocycles. The van der Waals surface area contributed by atoms with Crippen molar-refractivity contribution in [3.63, 3.8) is 0 Å². The maximum Gasteiger partial charge on any atom is 0.255 e. The van der Waals surface area contributed by atoms with Gasteiger partial charge in [0.15, 0.2) is 28.8 Å². The molecule has 0 fully saturated rings. The Hall–Kier alpha value is -4.99. The number of nitrogens with zero attached hydrogens (tertiary/aromatic N) is 3. The number of methoxy groups -OCH3 is 3. The molecule has 206 valence electrons. The number of amides is 1. The highest BCUT2D eigenvalue weighted by Crippen LogP contribution is 2.40. The van der Waals surface area contributed by atoms with Crippen LogP contribution in [0.2, 0.25) is 0 Å². The molecule has 10 heteroatoms. The van der Waals surface area contributed by atoms with Gasteiger partial charge < -0.3 is 29.6 Å². The van der Waals surface area contributed by atoms with E-state index < -0.39 is 6.04 Å². The normalized spacial score (nSPS) is 14.2. The average molecular weight is 542 g/mol. The number of hydrogen-bond donors (Lipinski definition) is 2. The van der Waals surface area contributed by atoms with E-state index in [9.17, 15) is 4.79 Å². The van der Waals surface area contributed by atoms with E-state index in [1.54, 1.807) is 32.1 Å². The minimum Gasteiger partial charge on any atom is -0.493 e. The lowest BCUT2D eigenvalue weighted by atomic mass is 9.94. The van der Waals surface area contributed by atoms with Gasteiger partial charge in [-0.3, -0.25) is 4.79 Å². The highest BCUT2D eigenvalue weighted by molar-refractivity contribution is 6.06. The average Bonchev–Trinajstić information content (AvgIpc) is 3.40. The Kier molecular flexibility index (Phi) is 7.59. The van der Waals surface area contributed by atoms with E-state index in [0.717, 1.165) is 11.1 Å². The van der Waals surface area contributed by atoms with Crippen molar-refractivity contribution in [1.82, 2.24) is 14.8 Å². The van der Waals surface area contributed by atoms with Gasteiger partial charge in [-0.25, -0.2) is 4.68 Å². The second kappa shape index (κ2) is 11.4. The van der Waals surface area contributed by atoms with Crippen LogP contribution < -0.4 is 29.6 Å². The number of anilines is 2. The van der Waals surface area contributed by atoms with E-state index in [2.05, 4.69) is 10.6 Å². The summed E-state index contributed by atoms with van der Waals surface area (Å²) in [6, 6.07) is 19.8. The quantitative estimate of drug-likeness (QED) is 0.294. The van der Waals surface area contributed by atoms with Crippen LogP contribution in [0.5, 0.6) is 23.0 Å². The molecule has 0 aliphatic carbocycles. The molecule has 1 unspecified atom stereocenters. The summed E-state index contributed by atoms with van der Waals surface area (Å²) >= 11 is 0. The molecule has 3 aromatic carbocycles. The minimum atomic E-state index is -0.606. The molecule has 2 heterocycles. The van der Waals surface area contributed by atoms with E-state index in [0.29, 0.717) is 58.3 Å². The third-order valence-electron chi connectivity index (χ3n) is 6.57. The molecule has 2 N–H and O–H groups in total. The Bertz CT molecular complexity index is 1560. The van der Waals surface area contributed by atoms with Crippen molar-refractivity contribution in [3.05, 3.63) is 83.6 Å². The largest absolute Gasteiger partial charge is 0.493 e. The van der Waals surface area contributed by atoms with Crippen molar-refractivity contribution >= 4 is 17.5 Å². The molecule has 10 nitrogen and oxygen atoms in total. The van der Waals surface area contributed by atoms with Crippen LogP contribution in [0.25, 0.3) is 11.4 Å². The summed E-state index contributed by atoms with van der Waals surface area (Å²) in [6.07, 6.45) is 0. The SMILES string of the molecule is CCOc1ccc(C2C(C(=O)Nc3ccccc3)=C(C)Nc3nc(-c4ccc(OC)c(OC)c4)nn32)cc1OC. The standard InChI is InChI=1S/C30H31N5O5/c1-6-40-23-15-12-19(16-25(23)39-5)27-26(29(36)32-21-10-8-7-9-11-21)18(2)31-30-33-28(34-35(27)30)20-13-14-22(37-3)24(17-20)38-4/h7-17,27H,6H2,1-5H3,(H,32,36)(H,31,33,34). The number of hydrogen-bond acceptors (Lipinski definition) is 8. The van der Waals surface area contributed by atoms with Gasteiger partial charge in [-0.15, -0.1) is 5.10 Å². The third-order valence-corrected chi connectivity index (χ3v) is 6.57. The van der Waals surface area contributed by atoms with Crippen LogP contribution in [0.15, 0.2) is 78.0 Å². The van der Waals surface area contributed by atoms with E-state index in [1.807, 2.05) is 74.5 Å². The summed E-state index contributed by atoms with van der Waals surface area (Å²) in [5.41, 5.74) is 3.35. The number of nitrogens with one attached hydrogen (secondary N) is 2.